The summed E-state index contributed by atoms with van der Waals surface area (Å²) in [7, 11) is 5.08. The van der Waals surface area contributed by atoms with Gasteiger partial charge >= 0.3 is 0 Å². The third-order valence-electron chi connectivity index (χ3n) is 6.01. The Morgan fingerprint density at radius 3 is 2.61 bits per heavy atom. The first-order chi connectivity index (χ1) is 13.3. The molecule has 0 bridgehead atoms. The number of hydrogen-bond acceptors (Lipinski definition) is 4. The highest BCUT2D eigenvalue weighted by atomic mass is 127. The quantitative estimate of drug-likeness (QED) is 0.272. The first-order valence-corrected chi connectivity index (χ1v) is 10.8. The van der Waals surface area contributed by atoms with E-state index in [0.29, 0.717) is 12.0 Å². The number of piperidine rings is 1. The van der Waals surface area contributed by atoms with Crippen molar-refractivity contribution in [2.75, 3.05) is 25.0 Å². The van der Waals surface area contributed by atoms with E-state index < -0.39 is 6.04 Å². The zero-order valence-electron chi connectivity index (χ0n) is 15.3. The van der Waals surface area contributed by atoms with Crippen LogP contribution in [0.3, 0.4) is 0 Å². The Labute approximate surface area is 178 Å². The Bertz CT molecular complexity index is 1070. The molecule has 2 atom stereocenters. The molecule has 6 nitrogen and oxygen atoms in total. The molecule has 3 amide bonds. The molecule has 0 N–H and O–H groups in total. The van der Waals surface area contributed by atoms with Crippen LogP contribution in [-0.4, -0.2) is 51.9 Å². The van der Waals surface area contributed by atoms with E-state index in [9.17, 15) is 14.4 Å². The van der Waals surface area contributed by atoms with Crippen LogP contribution in [0.4, 0.5) is 5.69 Å². The zero-order valence-corrected chi connectivity index (χ0v) is 18.6. The fraction of sp³-hybridized carbons (Fsp3) is 0.350. The van der Waals surface area contributed by atoms with E-state index in [1.54, 1.807) is 27.8 Å². The van der Waals surface area contributed by atoms with Crippen molar-refractivity contribution in [3.8, 4) is 0 Å². The molecule has 0 aliphatic carbocycles. The molecule has 3 aliphatic heterocycles. The number of likely N-dealkylation sites (N-methyl/N-ethyl adjacent to an activating group) is 1. The van der Waals surface area contributed by atoms with Gasteiger partial charge in [-0.05, 0) is 36.6 Å². The molecule has 2 aromatic carbocycles. The van der Waals surface area contributed by atoms with E-state index in [2.05, 4.69) is 33.3 Å². The zero-order chi connectivity index (χ0) is 19.8. The molecule has 2 fully saturated rings. The van der Waals surface area contributed by atoms with E-state index in [1.807, 2.05) is 18.2 Å². The van der Waals surface area contributed by atoms with Crippen molar-refractivity contribution in [1.29, 1.82) is 0 Å². The monoisotopic (exact) mass is 507 g/mol. The second-order valence-corrected chi connectivity index (χ2v) is 10.0. The molecule has 28 heavy (non-hydrogen) atoms. The average molecular weight is 507 g/mol. The molecule has 0 radical (unpaired) electrons. The molecule has 2 aromatic rings. The maximum absolute atomic E-state index is 13.3. The van der Waals surface area contributed by atoms with Gasteiger partial charge in [0.2, 0.25) is 5.91 Å². The molecule has 0 spiro atoms. The Hall–Kier alpha value is -1.57. The Balaban J connectivity index is 1.64. The summed E-state index contributed by atoms with van der Waals surface area (Å²) in [6.45, 7) is 1.89. The third-order valence-corrected chi connectivity index (χ3v) is 7.70. The van der Waals surface area contributed by atoms with Crippen molar-refractivity contribution in [3.63, 3.8) is 0 Å². The number of likely N-dealkylation sites (tertiary alicyclic amines) is 1. The maximum atomic E-state index is 13.3. The average Bonchev–Trinajstić information content (AvgIpc) is 2.93. The van der Waals surface area contributed by atoms with Crippen LogP contribution in [0.5, 0.6) is 0 Å². The molecule has 144 valence electrons. The van der Waals surface area contributed by atoms with Crippen LogP contribution in [-0.2, 0) is 14.7 Å². The predicted molar refractivity (Wildman–Crippen MR) is 119 cm³/mol. The van der Waals surface area contributed by atoms with Crippen molar-refractivity contribution in [2.24, 2.45) is 0 Å². The van der Waals surface area contributed by atoms with Crippen LogP contribution in [0.15, 0.2) is 30.3 Å². The summed E-state index contributed by atoms with van der Waals surface area (Å²) in [5.41, 5.74) is 2.63. The minimum atomic E-state index is -0.636. The van der Waals surface area contributed by atoms with E-state index in [0.717, 1.165) is 32.7 Å². The van der Waals surface area contributed by atoms with E-state index >= 15 is 0 Å². The number of halogens is 1. The lowest BCUT2D eigenvalue weighted by Crippen LogP contribution is -2.53. The number of anilines is 1. The lowest BCUT2D eigenvalue weighted by molar-refractivity contribution is -0.140. The summed E-state index contributed by atoms with van der Waals surface area (Å²) >= 11 is 1.74. The fourth-order valence-electron chi connectivity index (χ4n) is 4.81. The normalized spacial score (nSPS) is 24.2. The van der Waals surface area contributed by atoms with E-state index in [4.69, 9.17) is 0 Å². The highest BCUT2D eigenvalue weighted by Crippen LogP contribution is 2.47. The lowest BCUT2D eigenvalue weighted by atomic mass is 9.86. The van der Waals surface area contributed by atoms with Crippen molar-refractivity contribution in [2.45, 2.75) is 24.0 Å². The number of imide groups is 1. The summed E-state index contributed by atoms with van der Waals surface area (Å²) in [6, 6.07) is 9.24. The molecule has 0 aromatic heterocycles. The number of carbonyl (C=O) groups is 3. The number of amides is 3. The van der Waals surface area contributed by atoms with E-state index in [1.165, 1.54) is 5.56 Å². The number of carbonyl (C=O) groups excluding carboxylic acids is 3. The summed E-state index contributed by atoms with van der Waals surface area (Å²) < 4.78 is 1.12. The Kier molecular flexibility index (Phi) is 4.09. The Morgan fingerprint density at radius 1 is 1.14 bits per heavy atom. The van der Waals surface area contributed by atoms with Crippen molar-refractivity contribution >= 4 is 66.3 Å². The number of hydrogen-bond donors (Lipinski definition) is 0. The van der Waals surface area contributed by atoms with Gasteiger partial charge < -0.3 is 4.90 Å². The van der Waals surface area contributed by atoms with Crippen LogP contribution >= 0.6 is 32.1 Å². The van der Waals surface area contributed by atoms with Crippen LogP contribution in [0.25, 0.3) is 10.8 Å². The second-order valence-electron chi connectivity index (χ2n) is 7.93. The minimum absolute atomic E-state index is 0.0194. The first-order valence-electron chi connectivity index (χ1n) is 9.21. The van der Waals surface area contributed by atoms with Gasteiger partial charge in [-0.15, -0.1) is 9.24 Å². The molecule has 8 heteroatoms. The van der Waals surface area contributed by atoms with Gasteiger partial charge in [-0.3, -0.25) is 19.3 Å². The van der Waals surface area contributed by atoms with Crippen molar-refractivity contribution < 1.29 is 14.4 Å². The second kappa shape index (κ2) is 6.21. The number of rotatable bonds is 2. The maximum Gasteiger partial charge on any atom is 0.261 e. The van der Waals surface area contributed by atoms with Crippen molar-refractivity contribution in [1.82, 2.24) is 8.01 Å². The molecule has 2 saturated heterocycles. The topological polar surface area (TPSA) is 60.9 Å². The van der Waals surface area contributed by atoms with Gasteiger partial charge in [0.25, 0.3) is 11.8 Å². The summed E-state index contributed by atoms with van der Waals surface area (Å²) in [5.74, 6) is -0.678. The highest BCUT2D eigenvalue weighted by Gasteiger charge is 2.45. The smallest absolute Gasteiger partial charge is 0.261 e. The summed E-state index contributed by atoms with van der Waals surface area (Å²) in [6.07, 6.45) is 0.625. The van der Waals surface area contributed by atoms with Gasteiger partial charge in [-0.2, -0.15) is 0 Å². The third kappa shape index (κ3) is 2.42. The van der Waals surface area contributed by atoms with Gasteiger partial charge in [0.1, 0.15) is 6.04 Å². The molecule has 3 heterocycles. The molecular formula is C20H19IN3O3P. The summed E-state index contributed by atoms with van der Waals surface area (Å²) in [5, 5.41) is 1.97. The lowest BCUT2D eigenvalue weighted by Gasteiger charge is -2.47. The van der Waals surface area contributed by atoms with E-state index in [-0.39, 0.29) is 29.3 Å². The van der Waals surface area contributed by atoms with Gasteiger partial charge in [-0.1, -0.05) is 18.2 Å². The molecule has 0 saturated carbocycles. The molecular weight excluding hydrogens is 488 g/mol. The van der Waals surface area contributed by atoms with Gasteiger partial charge in [-0.25, -0.2) is 3.11 Å². The van der Waals surface area contributed by atoms with Crippen LogP contribution in [0, 0.1) is 0 Å². The number of nitrogens with zero attached hydrogens (tertiary/aromatic N) is 3. The van der Waals surface area contributed by atoms with Crippen LogP contribution in [0.1, 0.15) is 28.8 Å². The Morgan fingerprint density at radius 2 is 1.89 bits per heavy atom. The predicted octanol–water partition coefficient (Wildman–Crippen LogP) is 2.68. The standard InChI is InChI=1S/C20H19IN3O3P/c1-22-9-20(28,10-22)13-6-5-12-17-11(13)3-2-4-14(17)23(18(12)26)15-7-8-16(25)24(21)19(15)27/h2-6,15H,7-10,28H2,1H3. The molecule has 5 rings (SSSR count). The first kappa shape index (κ1) is 18.5. The fourth-order valence-corrected chi connectivity index (χ4v) is 6.25. The minimum Gasteiger partial charge on any atom is -0.304 e. The summed E-state index contributed by atoms with van der Waals surface area (Å²) in [4.78, 5) is 41.7. The largest absolute Gasteiger partial charge is 0.304 e. The van der Waals surface area contributed by atoms with Crippen molar-refractivity contribution in [3.05, 3.63) is 41.5 Å². The molecule has 2 unspecified atom stereocenters. The van der Waals surface area contributed by atoms with Gasteiger partial charge in [0.05, 0.1) is 28.6 Å². The van der Waals surface area contributed by atoms with Gasteiger partial charge in [0, 0.05) is 35.6 Å². The number of benzene rings is 2. The molecule has 3 aliphatic rings. The highest BCUT2D eigenvalue weighted by molar-refractivity contribution is 14.1. The van der Waals surface area contributed by atoms with Crippen LogP contribution < -0.4 is 4.90 Å². The van der Waals surface area contributed by atoms with Crippen LogP contribution in [0.2, 0.25) is 0 Å². The van der Waals surface area contributed by atoms with Gasteiger partial charge in [0.15, 0.2) is 0 Å². The SMILES string of the molecule is CN1CC(P)(c2ccc3c4c(cccc24)N(C2CCC(=O)N(I)C2=O)C3=O)C1.